The van der Waals surface area contributed by atoms with Crippen molar-refractivity contribution in [3.8, 4) is 11.5 Å². The molecule has 0 aliphatic carbocycles. The second-order valence-electron chi connectivity index (χ2n) is 6.45. The number of Topliss-reactive ketones (excluding diaryl/α,β-unsaturated/α-hetero) is 1. The molecule has 0 unspecified atom stereocenters. The molecule has 0 saturated carbocycles. The second kappa shape index (κ2) is 7.70. The Morgan fingerprint density at radius 3 is 2.43 bits per heavy atom. The molecule has 3 aromatic rings. The molecule has 28 heavy (non-hydrogen) atoms. The van der Waals surface area contributed by atoms with Gasteiger partial charge in [0.2, 0.25) is 5.78 Å². The van der Waals surface area contributed by atoms with Crippen LogP contribution < -0.4 is 9.47 Å². The van der Waals surface area contributed by atoms with Gasteiger partial charge in [-0.2, -0.15) is 0 Å². The minimum atomic E-state index is -0.128. The normalized spacial score (nSPS) is 14.1. The fourth-order valence-electron chi connectivity index (χ4n) is 3.09. The predicted octanol–water partition coefficient (Wildman–Crippen LogP) is 6.50. The lowest BCUT2D eigenvalue weighted by Crippen LogP contribution is -2.00. The van der Waals surface area contributed by atoms with Gasteiger partial charge in [-0.05, 0) is 42.3 Å². The Bertz CT molecular complexity index is 1070. The lowest BCUT2D eigenvalue weighted by atomic mass is 10.0. The average molecular weight is 411 g/mol. The summed E-state index contributed by atoms with van der Waals surface area (Å²) in [5.41, 5.74) is 2.97. The van der Waals surface area contributed by atoms with Crippen molar-refractivity contribution in [2.75, 3.05) is 0 Å². The number of fused-ring (bicyclic) bond motifs is 1. The highest BCUT2D eigenvalue weighted by atomic mass is 35.5. The van der Waals surface area contributed by atoms with Crippen LogP contribution in [0.25, 0.3) is 6.08 Å². The fraction of sp³-hybridized carbons (Fsp3) is 0.0870. The van der Waals surface area contributed by atoms with Gasteiger partial charge in [-0.15, -0.1) is 0 Å². The third-order valence-electron chi connectivity index (χ3n) is 4.49. The Morgan fingerprint density at radius 1 is 1.00 bits per heavy atom. The average Bonchev–Trinajstić information content (AvgIpc) is 2.98. The van der Waals surface area contributed by atoms with Gasteiger partial charge in [0, 0.05) is 21.7 Å². The van der Waals surface area contributed by atoms with E-state index in [-0.39, 0.29) is 12.4 Å². The highest BCUT2D eigenvalue weighted by Gasteiger charge is 2.30. The molecular formula is C23H16Cl2O3. The third-order valence-corrected chi connectivity index (χ3v) is 5.19. The summed E-state index contributed by atoms with van der Waals surface area (Å²) < 4.78 is 11.7. The molecule has 0 fully saturated rings. The van der Waals surface area contributed by atoms with Gasteiger partial charge in [0.1, 0.15) is 18.1 Å². The predicted molar refractivity (Wildman–Crippen MR) is 111 cm³/mol. The molecule has 1 aliphatic heterocycles. The number of carbonyl (C=O) groups excluding carboxylic acids is 1. The summed E-state index contributed by atoms with van der Waals surface area (Å²) in [6.45, 7) is 2.08. The Kier molecular flexibility index (Phi) is 5.12. The van der Waals surface area contributed by atoms with E-state index in [9.17, 15) is 4.79 Å². The molecule has 1 heterocycles. The van der Waals surface area contributed by atoms with Crippen molar-refractivity contribution in [2.24, 2.45) is 0 Å². The van der Waals surface area contributed by atoms with Gasteiger partial charge in [0.25, 0.3) is 0 Å². The zero-order valence-corrected chi connectivity index (χ0v) is 16.6. The molecule has 0 bridgehead atoms. The quantitative estimate of drug-likeness (QED) is 0.460. The highest BCUT2D eigenvalue weighted by molar-refractivity contribution is 6.35. The fourth-order valence-corrected chi connectivity index (χ4v) is 3.59. The van der Waals surface area contributed by atoms with Crippen molar-refractivity contribution in [3.63, 3.8) is 0 Å². The molecule has 0 amide bonds. The summed E-state index contributed by atoms with van der Waals surface area (Å²) in [4.78, 5) is 12.7. The third kappa shape index (κ3) is 3.64. The number of carbonyl (C=O) groups is 1. The number of ether oxygens (including phenoxy) is 2. The van der Waals surface area contributed by atoms with Crippen LogP contribution in [0.5, 0.6) is 11.5 Å². The van der Waals surface area contributed by atoms with E-state index in [1.807, 2.05) is 43.3 Å². The van der Waals surface area contributed by atoms with E-state index in [4.69, 9.17) is 32.7 Å². The van der Waals surface area contributed by atoms with Crippen molar-refractivity contribution in [3.05, 3.63) is 98.7 Å². The zero-order valence-electron chi connectivity index (χ0n) is 15.0. The minimum Gasteiger partial charge on any atom is -0.489 e. The summed E-state index contributed by atoms with van der Waals surface area (Å²) in [6, 6.07) is 18.4. The molecule has 5 heteroatoms. The van der Waals surface area contributed by atoms with Crippen LogP contribution in [0.2, 0.25) is 10.0 Å². The van der Waals surface area contributed by atoms with Crippen molar-refractivity contribution < 1.29 is 14.3 Å². The Balaban J connectivity index is 1.59. The molecule has 0 saturated heterocycles. The van der Waals surface area contributed by atoms with E-state index < -0.39 is 0 Å². The summed E-state index contributed by atoms with van der Waals surface area (Å²) in [6.07, 6.45) is 1.74. The van der Waals surface area contributed by atoms with E-state index in [1.54, 1.807) is 30.3 Å². The first-order chi connectivity index (χ1) is 13.5. The summed E-state index contributed by atoms with van der Waals surface area (Å²) in [5.74, 6) is 1.25. The molecule has 0 N–H and O–H groups in total. The van der Waals surface area contributed by atoms with Gasteiger partial charge < -0.3 is 9.47 Å². The van der Waals surface area contributed by atoms with Crippen LogP contribution in [0.3, 0.4) is 0 Å². The van der Waals surface area contributed by atoms with Crippen LogP contribution in [0.1, 0.15) is 27.0 Å². The number of aryl methyl sites for hydroxylation is 1. The van der Waals surface area contributed by atoms with Crippen molar-refractivity contribution >= 4 is 35.1 Å². The van der Waals surface area contributed by atoms with Crippen LogP contribution in [0, 0.1) is 6.92 Å². The highest BCUT2D eigenvalue weighted by Crippen LogP contribution is 2.38. The van der Waals surface area contributed by atoms with Gasteiger partial charge in [0.05, 0.1) is 5.56 Å². The van der Waals surface area contributed by atoms with Gasteiger partial charge in [-0.25, -0.2) is 0 Å². The first-order valence-corrected chi connectivity index (χ1v) is 9.48. The van der Waals surface area contributed by atoms with Crippen LogP contribution in [-0.4, -0.2) is 5.78 Å². The maximum atomic E-state index is 12.7. The number of allylic oxidation sites excluding steroid dienone is 1. The van der Waals surface area contributed by atoms with E-state index >= 15 is 0 Å². The lowest BCUT2D eigenvalue weighted by molar-refractivity contribution is 0.101. The van der Waals surface area contributed by atoms with Crippen LogP contribution in [0.4, 0.5) is 0 Å². The smallest absolute Gasteiger partial charge is 0.232 e. The molecule has 0 aromatic heterocycles. The first-order valence-electron chi connectivity index (χ1n) is 8.72. The summed E-state index contributed by atoms with van der Waals surface area (Å²) >= 11 is 12.4. The van der Waals surface area contributed by atoms with Crippen LogP contribution >= 0.6 is 23.2 Å². The topological polar surface area (TPSA) is 35.5 Å². The van der Waals surface area contributed by atoms with Gasteiger partial charge in [0.15, 0.2) is 5.76 Å². The molecular weight excluding hydrogens is 395 g/mol. The first kappa shape index (κ1) is 18.6. The molecule has 0 radical (unpaired) electrons. The van der Waals surface area contributed by atoms with E-state index in [2.05, 4.69) is 0 Å². The Morgan fingerprint density at radius 2 is 1.71 bits per heavy atom. The zero-order chi connectivity index (χ0) is 19.7. The van der Waals surface area contributed by atoms with E-state index in [0.29, 0.717) is 38.4 Å². The minimum absolute atomic E-state index is 0.128. The maximum Gasteiger partial charge on any atom is 0.232 e. The molecule has 0 atom stereocenters. The lowest BCUT2D eigenvalue weighted by Gasteiger charge is -2.11. The standard InChI is InChI=1S/C23H16Cl2O3/c1-14-10-16(27-13-17-18(24)8-5-9-19(17)25)12-20-22(14)23(26)21(28-20)11-15-6-3-2-4-7-15/h2-12H,13H2,1H3/b21-11-. The van der Waals surface area contributed by atoms with Crippen molar-refractivity contribution in [2.45, 2.75) is 13.5 Å². The van der Waals surface area contributed by atoms with E-state index in [1.165, 1.54) is 0 Å². The molecule has 3 nitrogen and oxygen atoms in total. The van der Waals surface area contributed by atoms with Crippen molar-refractivity contribution in [1.82, 2.24) is 0 Å². The number of benzene rings is 3. The molecule has 4 rings (SSSR count). The summed E-state index contributed by atoms with van der Waals surface area (Å²) in [5, 5.41) is 1.09. The van der Waals surface area contributed by atoms with Gasteiger partial charge in [-0.1, -0.05) is 59.6 Å². The number of hydrogen-bond donors (Lipinski definition) is 0. The van der Waals surface area contributed by atoms with Crippen LogP contribution in [-0.2, 0) is 6.61 Å². The molecule has 0 spiro atoms. The van der Waals surface area contributed by atoms with E-state index in [0.717, 1.165) is 11.1 Å². The monoisotopic (exact) mass is 410 g/mol. The number of halogens is 2. The van der Waals surface area contributed by atoms with Crippen molar-refractivity contribution in [1.29, 1.82) is 0 Å². The molecule has 3 aromatic carbocycles. The molecule has 1 aliphatic rings. The van der Waals surface area contributed by atoms with Crippen LogP contribution in [0.15, 0.2) is 66.4 Å². The molecule has 140 valence electrons. The largest absolute Gasteiger partial charge is 0.489 e. The Labute approximate surface area is 173 Å². The number of rotatable bonds is 4. The maximum absolute atomic E-state index is 12.7. The number of ketones is 1. The SMILES string of the molecule is Cc1cc(OCc2c(Cl)cccc2Cl)cc2c1C(=O)/C(=C/c1ccccc1)O2. The second-order valence-corrected chi connectivity index (χ2v) is 7.27. The summed E-state index contributed by atoms with van der Waals surface area (Å²) in [7, 11) is 0. The number of hydrogen-bond acceptors (Lipinski definition) is 3. The Hall–Kier alpha value is -2.75. The van der Waals surface area contributed by atoms with Gasteiger partial charge >= 0.3 is 0 Å². The van der Waals surface area contributed by atoms with Gasteiger partial charge in [-0.3, -0.25) is 4.79 Å².